The fourth-order valence-corrected chi connectivity index (χ4v) is 2.76. The highest BCUT2D eigenvalue weighted by Gasteiger charge is 2.35. The first kappa shape index (κ1) is 18.9. The summed E-state index contributed by atoms with van der Waals surface area (Å²) in [5.74, 6) is -2.06. The SMILES string of the molecule is CN(O)C(=O)C(=O)CC(O)(Cc1cccc(Cl)c1)c1ccc(O)cc1. The van der Waals surface area contributed by atoms with E-state index in [9.17, 15) is 19.8 Å². The monoisotopic (exact) mass is 363 g/mol. The Kier molecular flexibility index (Phi) is 5.79. The van der Waals surface area contributed by atoms with Crippen LogP contribution >= 0.6 is 11.6 Å². The second kappa shape index (κ2) is 7.65. The summed E-state index contributed by atoms with van der Waals surface area (Å²) in [6.07, 6.45) is -0.513. The summed E-state index contributed by atoms with van der Waals surface area (Å²) in [7, 11) is 1.04. The molecule has 0 bridgehead atoms. The van der Waals surface area contributed by atoms with Gasteiger partial charge in [-0.3, -0.25) is 14.8 Å². The van der Waals surface area contributed by atoms with E-state index < -0.39 is 23.7 Å². The van der Waals surface area contributed by atoms with Gasteiger partial charge in [-0.2, -0.15) is 0 Å². The molecule has 0 radical (unpaired) electrons. The Morgan fingerprint density at radius 3 is 2.36 bits per heavy atom. The zero-order chi connectivity index (χ0) is 18.6. The van der Waals surface area contributed by atoms with Gasteiger partial charge >= 0.3 is 5.91 Å². The van der Waals surface area contributed by atoms with Gasteiger partial charge in [-0.25, -0.2) is 5.06 Å². The second-order valence-electron chi connectivity index (χ2n) is 5.81. The number of hydrogen-bond donors (Lipinski definition) is 3. The van der Waals surface area contributed by atoms with Gasteiger partial charge in [-0.1, -0.05) is 35.9 Å². The van der Waals surface area contributed by atoms with E-state index in [0.29, 0.717) is 16.1 Å². The molecule has 0 aliphatic carbocycles. The van der Waals surface area contributed by atoms with Crippen molar-refractivity contribution in [1.29, 1.82) is 0 Å². The number of hydrogen-bond acceptors (Lipinski definition) is 5. The van der Waals surface area contributed by atoms with Gasteiger partial charge in [0.15, 0.2) is 0 Å². The Hall–Kier alpha value is -2.41. The number of aromatic hydroxyl groups is 1. The van der Waals surface area contributed by atoms with Crippen LogP contribution in [0.4, 0.5) is 0 Å². The summed E-state index contributed by atoms with van der Waals surface area (Å²) in [5, 5.41) is 30.4. The summed E-state index contributed by atoms with van der Waals surface area (Å²) >= 11 is 5.96. The Balaban J connectivity index is 2.38. The number of benzene rings is 2. The number of carbonyl (C=O) groups is 2. The summed E-state index contributed by atoms with van der Waals surface area (Å²) in [4.78, 5) is 23.8. The minimum atomic E-state index is -1.71. The summed E-state index contributed by atoms with van der Waals surface area (Å²) in [6, 6.07) is 12.5. The highest BCUT2D eigenvalue weighted by molar-refractivity contribution is 6.35. The molecule has 7 heteroatoms. The van der Waals surface area contributed by atoms with Crippen molar-refractivity contribution in [3.8, 4) is 5.75 Å². The van der Waals surface area contributed by atoms with Gasteiger partial charge in [0.05, 0.1) is 0 Å². The van der Waals surface area contributed by atoms with Crippen LogP contribution in [-0.4, -0.2) is 39.2 Å². The predicted octanol–water partition coefficient (Wildman–Crippen LogP) is 2.28. The van der Waals surface area contributed by atoms with E-state index in [2.05, 4.69) is 0 Å². The standard InChI is InChI=1S/C18H18ClNO5/c1-20(25)17(23)16(22)11-18(24,13-5-7-15(21)8-6-13)10-12-3-2-4-14(19)9-12/h2-9,21,24-25H,10-11H2,1H3. The largest absolute Gasteiger partial charge is 0.508 e. The molecule has 2 rings (SSSR count). The van der Waals surface area contributed by atoms with Crippen LogP contribution < -0.4 is 0 Å². The molecule has 1 amide bonds. The number of ketones is 1. The van der Waals surface area contributed by atoms with Gasteiger partial charge in [0.25, 0.3) is 0 Å². The fraction of sp³-hybridized carbons (Fsp3) is 0.222. The molecule has 0 saturated heterocycles. The number of Topliss-reactive ketones (excluding diaryl/α,β-unsaturated/α-hetero) is 1. The quantitative estimate of drug-likeness (QED) is 0.415. The number of phenols is 1. The maximum absolute atomic E-state index is 12.1. The van der Waals surface area contributed by atoms with Crippen molar-refractivity contribution in [1.82, 2.24) is 5.06 Å². The number of nitrogens with zero attached hydrogens (tertiary/aromatic N) is 1. The Morgan fingerprint density at radius 1 is 1.16 bits per heavy atom. The average molecular weight is 364 g/mol. The fourth-order valence-electron chi connectivity index (χ4n) is 2.54. The van der Waals surface area contributed by atoms with Crippen LogP contribution in [0.5, 0.6) is 5.75 Å². The molecular formula is C18H18ClNO5. The Bertz CT molecular complexity index is 775. The maximum atomic E-state index is 12.1. The summed E-state index contributed by atoms with van der Waals surface area (Å²) < 4.78 is 0. The topological polar surface area (TPSA) is 98.1 Å². The van der Waals surface area contributed by atoms with Crippen LogP contribution in [0.15, 0.2) is 48.5 Å². The van der Waals surface area contributed by atoms with E-state index in [-0.39, 0.29) is 17.2 Å². The highest BCUT2D eigenvalue weighted by Crippen LogP contribution is 2.31. The molecule has 2 aromatic rings. The number of phenolic OH excluding ortho intramolecular Hbond substituents is 1. The third-order valence-electron chi connectivity index (χ3n) is 3.78. The molecule has 3 N–H and O–H groups in total. The summed E-state index contributed by atoms with van der Waals surface area (Å²) in [6.45, 7) is 0. The van der Waals surface area contributed by atoms with Gasteiger partial charge in [0.1, 0.15) is 11.4 Å². The lowest BCUT2D eigenvalue weighted by molar-refractivity contribution is -0.167. The van der Waals surface area contributed by atoms with Crippen LogP contribution in [0.1, 0.15) is 17.5 Å². The number of hydroxylamine groups is 2. The third-order valence-corrected chi connectivity index (χ3v) is 4.01. The molecule has 132 valence electrons. The molecule has 0 aliphatic rings. The van der Waals surface area contributed by atoms with Crippen molar-refractivity contribution in [3.05, 3.63) is 64.7 Å². The highest BCUT2D eigenvalue weighted by atomic mass is 35.5. The average Bonchev–Trinajstić information content (AvgIpc) is 2.54. The first-order valence-electron chi connectivity index (χ1n) is 7.47. The number of rotatable bonds is 6. The van der Waals surface area contributed by atoms with Gasteiger partial charge in [-0.15, -0.1) is 0 Å². The number of amides is 1. The molecule has 0 aliphatic heterocycles. The van der Waals surface area contributed by atoms with E-state index in [1.54, 1.807) is 24.3 Å². The number of halogens is 1. The van der Waals surface area contributed by atoms with Crippen LogP contribution in [0.2, 0.25) is 5.02 Å². The second-order valence-corrected chi connectivity index (χ2v) is 6.25. The van der Waals surface area contributed by atoms with Gasteiger partial charge in [0, 0.05) is 24.9 Å². The number of carbonyl (C=O) groups excluding carboxylic acids is 2. The molecule has 2 aromatic carbocycles. The first-order chi connectivity index (χ1) is 11.7. The Morgan fingerprint density at radius 2 is 1.80 bits per heavy atom. The third kappa shape index (κ3) is 4.79. The van der Waals surface area contributed by atoms with Crippen molar-refractivity contribution < 1.29 is 25.0 Å². The zero-order valence-corrected chi connectivity index (χ0v) is 14.3. The normalized spacial score (nSPS) is 13.1. The molecule has 0 heterocycles. The Labute approximate surface area is 149 Å². The van der Waals surface area contributed by atoms with Crippen LogP contribution in [0.25, 0.3) is 0 Å². The molecule has 25 heavy (non-hydrogen) atoms. The number of aliphatic hydroxyl groups is 1. The van der Waals surface area contributed by atoms with E-state index in [4.69, 9.17) is 16.8 Å². The lowest BCUT2D eigenvalue weighted by Crippen LogP contribution is -2.38. The van der Waals surface area contributed by atoms with E-state index in [1.807, 2.05) is 0 Å². The summed E-state index contributed by atoms with van der Waals surface area (Å²) in [5.41, 5.74) is -0.686. The smallest absolute Gasteiger partial charge is 0.313 e. The van der Waals surface area contributed by atoms with Gasteiger partial charge < -0.3 is 10.2 Å². The maximum Gasteiger partial charge on any atom is 0.313 e. The van der Waals surface area contributed by atoms with Crippen LogP contribution in [0.3, 0.4) is 0 Å². The molecule has 6 nitrogen and oxygen atoms in total. The molecule has 1 atom stereocenters. The molecule has 0 aromatic heterocycles. The molecule has 0 spiro atoms. The van der Waals surface area contributed by atoms with E-state index in [0.717, 1.165) is 7.05 Å². The predicted molar refractivity (Wildman–Crippen MR) is 91.3 cm³/mol. The van der Waals surface area contributed by atoms with Crippen molar-refractivity contribution in [3.63, 3.8) is 0 Å². The minimum absolute atomic E-state index is 0.00588. The lowest BCUT2D eigenvalue weighted by atomic mass is 9.83. The van der Waals surface area contributed by atoms with Crippen LogP contribution in [-0.2, 0) is 21.6 Å². The van der Waals surface area contributed by atoms with Gasteiger partial charge in [0.2, 0.25) is 5.78 Å². The molecule has 0 saturated carbocycles. The molecule has 1 unspecified atom stereocenters. The lowest BCUT2D eigenvalue weighted by Gasteiger charge is -2.28. The van der Waals surface area contributed by atoms with E-state index >= 15 is 0 Å². The van der Waals surface area contributed by atoms with Crippen molar-refractivity contribution in [2.24, 2.45) is 0 Å². The molecule has 0 fully saturated rings. The van der Waals surface area contributed by atoms with Crippen molar-refractivity contribution in [2.45, 2.75) is 18.4 Å². The minimum Gasteiger partial charge on any atom is -0.508 e. The van der Waals surface area contributed by atoms with E-state index in [1.165, 1.54) is 24.3 Å². The zero-order valence-electron chi connectivity index (χ0n) is 13.5. The first-order valence-corrected chi connectivity index (χ1v) is 7.85. The van der Waals surface area contributed by atoms with Gasteiger partial charge in [-0.05, 0) is 35.4 Å². The molecular weight excluding hydrogens is 346 g/mol. The van der Waals surface area contributed by atoms with Crippen molar-refractivity contribution in [2.75, 3.05) is 7.05 Å². The number of likely N-dealkylation sites (N-methyl/N-ethyl adjacent to an activating group) is 1. The van der Waals surface area contributed by atoms with Crippen LogP contribution in [0, 0.1) is 0 Å². The van der Waals surface area contributed by atoms with Crippen molar-refractivity contribution >= 4 is 23.3 Å².